The van der Waals surface area contributed by atoms with Gasteiger partial charge in [-0.3, -0.25) is 19.7 Å². The molecule has 118 valence electrons. The Labute approximate surface area is 135 Å². The van der Waals surface area contributed by atoms with Gasteiger partial charge in [0.25, 0.3) is 11.6 Å². The Bertz CT molecular complexity index is 634. The second-order valence-electron chi connectivity index (χ2n) is 5.51. The van der Waals surface area contributed by atoms with Crippen molar-refractivity contribution < 1.29 is 19.6 Å². The van der Waals surface area contributed by atoms with Gasteiger partial charge in [-0.25, -0.2) is 0 Å². The number of nitrogens with zero attached hydrogens (tertiary/aromatic N) is 2. The van der Waals surface area contributed by atoms with Crippen molar-refractivity contribution in [3.8, 4) is 0 Å². The second kappa shape index (κ2) is 6.43. The van der Waals surface area contributed by atoms with Gasteiger partial charge in [0.15, 0.2) is 0 Å². The van der Waals surface area contributed by atoms with Crippen molar-refractivity contribution in [1.82, 2.24) is 4.90 Å². The molecule has 1 amide bonds. The van der Waals surface area contributed by atoms with Crippen LogP contribution in [0.2, 0.25) is 0 Å². The number of amides is 1. The maximum absolute atomic E-state index is 12.5. The molecule has 2 unspecified atom stereocenters. The summed E-state index contributed by atoms with van der Waals surface area (Å²) >= 11 is 3.17. The van der Waals surface area contributed by atoms with E-state index in [0.717, 1.165) is 0 Å². The van der Waals surface area contributed by atoms with Crippen molar-refractivity contribution in [3.05, 3.63) is 38.3 Å². The van der Waals surface area contributed by atoms with Crippen molar-refractivity contribution >= 4 is 33.5 Å². The number of nitro groups is 1. The molecule has 1 fully saturated rings. The van der Waals surface area contributed by atoms with E-state index in [1.54, 1.807) is 0 Å². The van der Waals surface area contributed by atoms with Gasteiger partial charge in [0, 0.05) is 29.7 Å². The number of carboxylic acids is 1. The minimum absolute atomic E-state index is 0.0932. The van der Waals surface area contributed by atoms with Crippen LogP contribution in [0.4, 0.5) is 5.69 Å². The van der Waals surface area contributed by atoms with Gasteiger partial charge in [-0.15, -0.1) is 0 Å². The number of halogens is 1. The number of carbonyl (C=O) groups is 2. The lowest BCUT2D eigenvalue weighted by atomic mass is 9.90. The van der Waals surface area contributed by atoms with Crippen LogP contribution in [0.15, 0.2) is 22.7 Å². The number of nitro benzene ring substituents is 1. The van der Waals surface area contributed by atoms with Gasteiger partial charge in [-0.2, -0.15) is 0 Å². The van der Waals surface area contributed by atoms with E-state index in [0.29, 0.717) is 23.0 Å². The first-order valence-electron chi connectivity index (χ1n) is 6.75. The first-order valence-corrected chi connectivity index (χ1v) is 7.55. The molecule has 1 N–H and O–H groups in total. The van der Waals surface area contributed by atoms with Crippen LogP contribution < -0.4 is 0 Å². The number of carbonyl (C=O) groups excluding carboxylic acids is 1. The number of carboxylic acid groups (broad SMARTS) is 1. The standard InChI is InChI=1S/C14H15BrN2O5/c1-8-4-9(14(19)20)7-16(6-8)13(18)11-3-2-10(17(21)22)5-12(11)15/h2-3,5,8-9H,4,6-7H2,1H3,(H,19,20). The molecule has 1 saturated heterocycles. The Morgan fingerprint density at radius 2 is 2.09 bits per heavy atom. The number of non-ortho nitro benzene ring substituents is 1. The number of aliphatic carboxylic acids is 1. The molecule has 7 nitrogen and oxygen atoms in total. The minimum atomic E-state index is -0.910. The average Bonchev–Trinajstić information content (AvgIpc) is 2.45. The lowest BCUT2D eigenvalue weighted by Gasteiger charge is -2.34. The van der Waals surface area contributed by atoms with Gasteiger partial charge in [0.1, 0.15) is 0 Å². The zero-order valence-electron chi connectivity index (χ0n) is 11.9. The third-order valence-electron chi connectivity index (χ3n) is 3.69. The molecule has 1 aliphatic rings. The molecule has 2 rings (SSSR count). The molecule has 1 aromatic rings. The van der Waals surface area contributed by atoms with E-state index in [4.69, 9.17) is 5.11 Å². The number of hydrogen-bond acceptors (Lipinski definition) is 4. The molecule has 0 bridgehead atoms. The molecule has 0 aliphatic carbocycles. The fourth-order valence-electron chi connectivity index (χ4n) is 2.66. The van der Waals surface area contributed by atoms with Gasteiger partial charge in [-0.05, 0) is 34.3 Å². The largest absolute Gasteiger partial charge is 0.481 e. The normalized spacial score (nSPS) is 21.5. The van der Waals surface area contributed by atoms with Gasteiger partial charge < -0.3 is 10.0 Å². The maximum atomic E-state index is 12.5. The summed E-state index contributed by atoms with van der Waals surface area (Å²) in [5.74, 6) is -1.72. The summed E-state index contributed by atoms with van der Waals surface area (Å²) in [6.45, 7) is 2.54. The van der Waals surface area contributed by atoms with Gasteiger partial charge in [0.2, 0.25) is 0 Å². The first-order chi connectivity index (χ1) is 10.3. The third-order valence-corrected chi connectivity index (χ3v) is 4.35. The van der Waals surface area contributed by atoms with Crippen LogP contribution in [0.1, 0.15) is 23.7 Å². The SMILES string of the molecule is CC1CC(C(=O)O)CN(C(=O)c2ccc([N+](=O)[O-])cc2Br)C1. The fraction of sp³-hybridized carbons (Fsp3) is 0.429. The summed E-state index contributed by atoms with van der Waals surface area (Å²) in [4.78, 5) is 35.4. The van der Waals surface area contributed by atoms with Crippen LogP contribution in [0.3, 0.4) is 0 Å². The van der Waals surface area contributed by atoms with E-state index in [9.17, 15) is 19.7 Å². The van der Waals surface area contributed by atoms with E-state index in [-0.39, 0.29) is 24.1 Å². The number of piperidine rings is 1. The van der Waals surface area contributed by atoms with Crippen LogP contribution in [0, 0.1) is 22.0 Å². The van der Waals surface area contributed by atoms with E-state index < -0.39 is 16.8 Å². The van der Waals surface area contributed by atoms with E-state index in [1.807, 2.05) is 6.92 Å². The highest BCUT2D eigenvalue weighted by Gasteiger charge is 2.33. The summed E-state index contributed by atoms with van der Waals surface area (Å²) in [6, 6.07) is 3.93. The molecule has 22 heavy (non-hydrogen) atoms. The highest BCUT2D eigenvalue weighted by atomic mass is 79.9. The Morgan fingerprint density at radius 1 is 1.41 bits per heavy atom. The first kappa shape index (κ1) is 16.4. The van der Waals surface area contributed by atoms with Gasteiger partial charge in [0.05, 0.1) is 16.4 Å². The Hall–Kier alpha value is -1.96. The van der Waals surface area contributed by atoms with E-state index >= 15 is 0 Å². The number of benzene rings is 1. The predicted octanol–water partition coefficient (Wildman–Crippen LogP) is 2.54. The average molecular weight is 371 g/mol. The molecule has 1 heterocycles. The van der Waals surface area contributed by atoms with E-state index in [1.165, 1.54) is 23.1 Å². The van der Waals surface area contributed by atoms with Crippen LogP contribution in [0.25, 0.3) is 0 Å². The smallest absolute Gasteiger partial charge is 0.308 e. The van der Waals surface area contributed by atoms with Crippen molar-refractivity contribution in [2.45, 2.75) is 13.3 Å². The predicted molar refractivity (Wildman–Crippen MR) is 81.6 cm³/mol. The molecular formula is C14H15BrN2O5. The monoisotopic (exact) mass is 370 g/mol. The van der Waals surface area contributed by atoms with E-state index in [2.05, 4.69) is 15.9 Å². The molecule has 8 heteroatoms. The van der Waals surface area contributed by atoms with Gasteiger partial charge >= 0.3 is 5.97 Å². The zero-order chi connectivity index (χ0) is 16.4. The highest BCUT2D eigenvalue weighted by molar-refractivity contribution is 9.10. The van der Waals surface area contributed by atoms with Crippen molar-refractivity contribution in [2.75, 3.05) is 13.1 Å². The van der Waals surface area contributed by atoms with Crippen molar-refractivity contribution in [3.63, 3.8) is 0 Å². The maximum Gasteiger partial charge on any atom is 0.308 e. The van der Waals surface area contributed by atoms with Crippen molar-refractivity contribution in [1.29, 1.82) is 0 Å². The number of likely N-dealkylation sites (tertiary alicyclic amines) is 1. The van der Waals surface area contributed by atoms with Crippen molar-refractivity contribution in [2.24, 2.45) is 11.8 Å². The summed E-state index contributed by atoms with van der Waals surface area (Å²) < 4.78 is 0.330. The van der Waals surface area contributed by atoms with Crippen LogP contribution in [0.5, 0.6) is 0 Å². The number of rotatable bonds is 3. The molecule has 1 aromatic carbocycles. The summed E-state index contributed by atoms with van der Waals surface area (Å²) in [5, 5.41) is 19.9. The molecular weight excluding hydrogens is 356 g/mol. The Morgan fingerprint density at radius 3 is 2.64 bits per heavy atom. The number of hydrogen-bond donors (Lipinski definition) is 1. The minimum Gasteiger partial charge on any atom is -0.481 e. The quantitative estimate of drug-likeness (QED) is 0.650. The van der Waals surface area contributed by atoms with Crippen LogP contribution >= 0.6 is 15.9 Å². The lowest BCUT2D eigenvalue weighted by molar-refractivity contribution is -0.384. The topological polar surface area (TPSA) is 101 Å². The summed E-state index contributed by atoms with van der Waals surface area (Å²) in [7, 11) is 0. The fourth-order valence-corrected chi connectivity index (χ4v) is 3.19. The molecule has 1 aliphatic heterocycles. The highest BCUT2D eigenvalue weighted by Crippen LogP contribution is 2.27. The Balaban J connectivity index is 2.23. The molecule has 0 radical (unpaired) electrons. The molecule has 0 saturated carbocycles. The zero-order valence-corrected chi connectivity index (χ0v) is 13.4. The Kier molecular flexibility index (Phi) is 4.80. The lowest BCUT2D eigenvalue weighted by Crippen LogP contribution is -2.45. The molecule has 0 aromatic heterocycles. The van der Waals surface area contributed by atoms with Crippen LogP contribution in [-0.2, 0) is 4.79 Å². The third kappa shape index (κ3) is 3.44. The van der Waals surface area contributed by atoms with Gasteiger partial charge in [-0.1, -0.05) is 6.92 Å². The second-order valence-corrected chi connectivity index (χ2v) is 6.36. The van der Waals surface area contributed by atoms with Crippen LogP contribution in [-0.4, -0.2) is 39.9 Å². The molecule has 2 atom stereocenters. The summed E-state index contributed by atoms with van der Waals surface area (Å²) in [6.07, 6.45) is 0.542. The summed E-state index contributed by atoms with van der Waals surface area (Å²) in [5.41, 5.74) is 0.183. The molecule has 0 spiro atoms.